The Bertz CT molecular complexity index is 1040. The van der Waals surface area contributed by atoms with Crippen molar-refractivity contribution in [1.82, 2.24) is 4.90 Å². The van der Waals surface area contributed by atoms with E-state index in [1.54, 1.807) is 7.11 Å². The van der Waals surface area contributed by atoms with Crippen LogP contribution in [0.25, 0.3) is 0 Å². The van der Waals surface area contributed by atoms with Crippen molar-refractivity contribution >= 4 is 0 Å². The van der Waals surface area contributed by atoms with Gasteiger partial charge in [-0.2, -0.15) is 0 Å². The third-order valence-electron chi connectivity index (χ3n) is 6.49. The van der Waals surface area contributed by atoms with Crippen LogP contribution in [0.2, 0.25) is 0 Å². The van der Waals surface area contributed by atoms with Crippen LogP contribution in [0.4, 0.5) is 0 Å². The molecule has 5 rings (SSSR count). The first-order chi connectivity index (χ1) is 14.7. The molecule has 1 saturated heterocycles. The molecule has 0 N–H and O–H groups in total. The first-order valence-electron chi connectivity index (χ1n) is 10.5. The van der Waals surface area contributed by atoms with Crippen molar-refractivity contribution in [2.75, 3.05) is 27.2 Å². The van der Waals surface area contributed by atoms with Crippen molar-refractivity contribution in [3.8, 4) is 23.0 Å². The van der Waals surface area contributed by atoms with Crippen LogP contribution in [-0.2, 0) is 12.0 Å². The summed E-state index contributed by atoms with van der Waals surface area (Å²) in [6.07, 6.45) is 2.11. The van der Waals surface area contributed by atoms with Gasteiger partial charge in [-0.25, -0.2) is 0 Å². The van der Waals surface area contributed by atoms with Gasteiger partial charge in [-0.3, -0.25) is 0 Å². The predicted octanol–water partition coefficient (Wildman–Crippen LogP) is 5.39. The van der Waals surface area contributed by atoms with E-state index < -0.39 is 0 Å². The first-order valence-corrected chi connectivity index (χ1v) is 10.5. The van der Waals surface area contributed by atoms with Gasteiger partial charge in [0.05, 0.1) is 7.11 Å². The van der Waals surface area contributed by atoms with E-state index >= 15 is 0 Å². The Kier molecular flexibility index (Phi) is 4.87. The fourth-order valence-electron chi connectivity index (χ4n) is 4.75. The van der Waals surface area contributed by atoms with Crippen molar-refractivity contribution < 1.29 is 14.2 Å². The van der Waals surface area contributed by atoms with Gasteiger partial charge in [0.1, 0.15) is 18.1 Å². The van der Waals surface area contributed by atoms with Gasteiger partial charge in [0, 0.05) is 22.6 Å². The lowest BCUT2D eigenvalue weighted by Gasteiger charge is -2.45. The predicted molar refractivity (Wildman–Crippen MR) is 118 cm³/mol. The fourth-order valence-corrected chi connectivity index (χ4v) is 4.75. The largest absolute Gasteiger partial charge is 0.497 e. The summed E-state index contributed by atoms with van der Waals surface area (Å²) in [4.78, 5) is 2.40. The summed E-state index contributed by atoms with van der Waals surface area (Å²) in [5.74, 6) is 3.33. The van der Waals surface area contributed by atoms with Crippen molar-refractivity contribution in [1.29, 1.82) is 0 Å². The Hall–Kier alpha value is -2.98. The van der Waals surface area contributed by atoms with Gasteiger partial charge < -0.3 is 19.1 Å². The number of methoxy groups -OCH3 is 1. The van der Waals surface area contributed by atoms with Gasteiger partial charge in [-0.1, -0.05) is 48.5 Å². The van der Waals surface area contributed by atoms with Crippen molar-refractivity contribution in [3.63, 3.8) is 0 Å². The normalized spacial score (nSPS) is 17.0. The van der Waals surface area contributed by atoms with Gasteiger partial charge in [-0.05, 0) is 50.7 Å². The molecule has 30 heavy (non-hydrogen) atoms. The number of likely N-dealkylation sites (tertiary alicyclic amines) is 1. The number of rotatable bonds is 4. The number of hydrogen-bond donors (Lipinski definition) is 0. The summed E-state index contributed by atoms with van der Waals surface area (Å²) < 4.78 is 18.2. The summed E-state index contributed by atoms with van der Waals surface area (Å²) in [6, 6.07) is 22.8. The summed E-state index contributed by atoms with van der Waals surface area (Å²) in [5.41, 5.74) is 3.57. The lowest BCUT2D eigenvalue weighted by atomic mass is 9.66. The molecule has 1 fully saturated rings. The van der Waals surface area contributed by atoms with E-state index in [1.807, 2.05) is 36.4 Å². The van der Waals surface area contributed by atoms with E-state index in [4.69, 9.17) is 14.2 Å². The molecule has 4 nitrogen and oxygen atoms in total. The van der Waals surface area contributed by atoms with Gasteiger partial charge in [0.25, 0.3) is 0 Å². The highest BCUT2D eigenvalue weighted by Crippen LogP contribution is 2.56. The van der Waals surface area contributed by atoms with Crippen molar-refractivity contribution in [2.24, 2.45) is 0 Å². The molecule has 1 spiro atoms. The third-order valence-corrected chi connectivity index (χ3v) is 6.49. The monoisotopic (exact) mass is 401 g/mol. The SMILES string of the molecule is COc1ccc2c(c1)Oc1c(OCc3ccccc3)cccc1C21CCN(C)CC1. The number of fused-ring (bicyclic) bond motifs is 4. The molecule has 3 aromatic carbocycles. The Morgan fingerprint density at radius 1 is 0.933 bits per heavy atom. The number of piperidine rings is 1. The molecule has 4 heteroatoms. The lowest BCUT2D eigenvalue weighted by Crippen LogP contribution is -2.43. The molecule has 0 aliphatic carbocycles. The third kappa shape index (κ3) is 3.21. The van der Waals surface area contributed by atoms with Crippen molar-refractivity contribution in [2.45, 2.75) is 24.9 Å². The van der Waals surface area contributed by atoms with E-state index in [-0.39, 0.29) is 5.41 Å². The number of para-hydroxylation sites is 1. The first kappa shape index (κ1) is 19.0. The molecule has 0 atom stereocenters. The molecule has 0 bridgehead atoms. The zero-order valence-corrected chi connectivity index (χ0v) is 17.6. The van der Waals surface area contributed by atoms with Crippen LogP contribution in [0.5, 0.6) is 23.0 Å². The van der Waals surface area contributed by atoms with E-state index in [1.165, 1.54) is 11.1 Å². The molecule has 0 saturated carbocycles. The lowest BCUT2D eigenvalue weighted by molar-refractivity contribution is 0.199. The van der Waals surface area contributed by atoms with E-state index in [2.05, 4.69) is 42.3 Å². The maximum atomic E-state index is 6.48. The quantitative estimate of drug-likeness (QED) is 0.586. The molecular weight excluding hydrogens is 374 g/mol. The molecule has 154 valence electrons. The topological polar surface area (TPSA) is 30.9 Å². The Balaban J connectivity index is 1.58. The number of ether oxygens (including phenoxy) is 3. The minimum atomic E-state index is -0.0617. The smallest absolute Gasteiger partial charge is 0.173 e. The van der Waals surface area contributed by atoms with Crippen LogP contribution < -0.4 is 14.2 Å². The van der Waals surface area contributed by atoms with E-state index in [0.29, 0.717) is 6.61 Å². The number of nitrogens with zero attached hydrogens (tertiary/aromatic N) is 1. The van der Waals surface area contributed by atoms with Gasteiger partial charge >= 0.3 is 0 Å². The molecular formula is C26H27NO3. The minimum absolute atomic E-state index is 0.0617. The second-order valence-electron chi connectivity index (χ2n) is 8.26. The summed E-state index contributed by atoms with van der Waals surface area (Å²) >= 11 is 0. The summed E-state index contributed by atoms with van der Waals surface area (Å²) in [5, 5.41) is 0. The Labute approximate surface area is 178 Å². The molecule has 2 aliphatic heterocycles. The Morgan fingerprint density at radius 2 is 1.73 bits per heavy atom. The molecule has 0 aromatic heterocycles. The second-order valence-corrected chi connectivity index (χ2v) is 8.26. The maximum absolute atomic E-state index is 6.48. The minimum Gasteiger partial charge on any atom is -0.497 e. The molecule has 3 aromatic rings. The fraction of sp³-hybridized carbons (Fsp3) is 0.308. The van der Waals surface area contributed by atoms with E-state index in [9.17, 15) is 0 Å². The van der Waals surface area contributed by atoms with Crippen LogP contribution in [0.3, 0.4) is 0 Å². The Morgan fingerprint density at radius 3 is 2.50 bits per heavy atom. The molecule has 0 radical (unpaired) electrons. The number of hydrogen-bond acceptors (Lipinski definition) is 4. The van der Waals surface area contributed by atoms with Crippen LogP contribution in [0, 0.1) is 0 Å². The van der Waals surface area contributed by atoms with Crippen molar-refractivity contribution in [3.05, 3.63) is 83.4 Å². The molecule has 0 amide bonds. The highest BCUT2D eigenvalue weighted by molar-refractivity contribution is 5.63. The standard InChI is InChI=1S/C26H27NO3/c1-27-15-13-26(14-16-27)21-12-11-20(28-2)17-24(21)30-25-22(26)9-6-10-23(25)29-18-19-7-4-3-5-8-19/h3-12,17H,13-16,18H2,1-2H3. The average Bonchev–Trinajstić information content (AvgIpc) is 2.80. The second kappa shape index (κ2) is 7.69. The summed E-state index contributed by atoms with van der Waals surface area (Å²) in [7, 11) is 3.89. The molecule has 0 unspecified atom stereocenters. The number of benzene rings is 3. The average molecular weight is 402 g/mol. The van der Waals surface area contributed by atoms with Crippen LogP contribution in [-0.4, -0.2) is 32.1 Å². The molecule has 2 heterocycles. The van der Waals surface area contributed by atoms with Crippen LogP contribution in [0.15, 0.2) is 66.7 Å². The van der Waals surface area contributed by atoms with E-state index in [0.717, 1.165) is 54.5 Å². The highest BCUT2D eigenvalue weighted by Gasteiger charge is 2.44. The zero-order valence-electron chi connectivity index (χ0n) is 17.6. The molecule has 2 aliphatic rings. The van der Waals surface area contributed by atoms with Gasteiger partial charge in [-0.15, -0.1) is 0 Å². The highest BCUT2D eigenvalue weighted by atomic mass is 16.5. The van der Waals surface area contributed by atoms with Crippen LogP contribution >= 0.6 is 0 Å². The van der Waals surface area contributed by atoms with Crippen LogP contribution in [0.1, 0.15) is 29.5 Å². The summed E-state index contributed by atoms with van der Waals surface area (Å²) in [6.45, 7) is 2.63. The zero-order chi connectivity index (χ0) is 20.6. The maximum Gasteiger partial charge on any atom is 0.173 e. The van der Waals surface area contributed by atoms with Gasteiger partial charge in [0.15, 0.2) is 11.5 Å². The van der Waals surface area contributed by atoms with Gasteiger partial charge in [0.2, 0.25) is 0 Å².